The number of carbonyl (C=O) groups excluding carboxylic acids is 2. The summed E-state index contributed by atoms with van der Waals surface area (Å²) in [6, 6.07) is 14.3. The van der Waals surface area contributed by atoms with E-state index in [0.29, 0.717) is 10.7 Å². The minimum atomic E-state index is -0.590. The lowest BCUT2D eigenvalue weighted by atomic mass is 10.2. The number of nitrogens with zero attached hydrogens (tertiary/aromatic N) is 1. The Hall–Kier alpha value is -2.79. The van der Waals surface area contributed by atoms with Crippen molar-refractivity contribution >= 4 is 40.9 Å². The average molecular weight is 359 g/mol. The maximum absolute atomic E-state index is 11.8. The van der Waals surface area contributed by atoms with E-state index in [-0.39, 0.29) is 6.61 Å². The van der Waals surface area contributed by atoms with Crippen molar-refractivity contribution in [3.05, 3.63) is 65.2 Å². The molecule has 1 N–H and O–H groups in total. The Balaban J connectivity index is 1.78. The fourth-order valence-corrected chi connectivity index (χ4v) is 2.09. The van der Waals surface area contributed by atoms with E-state index in [1.807, 2.05) is 31.1 Å². The highest BCUT2D eigenvalue weighted by atomic mass is 35.5. The van der Waals surface area contributed by atoms with E-state index in [1.165, 1.54) is 6.08 Å². The number of ether oxygens (including phenoxy) is 1. The molecule has 130 valence electrons. The molecule has 0 radical (unpaired) electrons. The Morgan fingerprint density at radius 2 is 1.72 bits per heavy atom. The van der Waals surface area contributed by atoms with Gasteiger partial charge in [0.2, 0.25) is 0 Å². The van der Waals surface area contributed by atoms with Crippen molar-refractivity contribution in [2.24, 2.45) is 0 Å². The average Bonchev–Trinajstić information content (AvgIpc) is 2.60. The third kappa shape index (κ3) is 6.31. The fraction of sp³-hybridized carbons (Fsp3) is 0.158. The fourth-order valence-electron chi connectivity index (χ4n) is 1.96. The lowest BCUT2D eigenvalue weighted by Crippen LogP contribution is -2.20. The van der Waals surface area contributed by atoms with Crippen LogP contribution in [-0.2, 0) is 14.3 Å². The second-order valence-corrected chi connectivity index (χ2v) is 5.92. The predicted octanol–water partition coefficient (Wildman–Crippen LogP) is 3.60. The summed E-state index contributed by atoms with van der Waals surface area (Å²) in [6.07, 6.45) is 2.86. The van der Waals surface area contributed by atoms with Gasteiger partial charge >= 0.3 is 5.97 Å². The maximum Gasteiger partial charge on any atom is 0.331 e. The van der Waals surface area contributed by atoms with E-state index < -0.39 is 11.9 Å². The Morgan fingerprint density at radius 3 is 2.32 bits per heavy atom. The van der Waals surface area contributed by atoms with Crippen LogP contribution in [0.5, 0.6) is 0 Å². The first-order chi connectivity index (χ1) is 11.9. The molecular weight excluding hydrogens is 340 g/mol. The van der Waals surface area contributed by atoms with Crippen LogP contribution in [0.2, 0.25) is 5.02 Å². The number of hydrogen-bond acceptors (Lipinski definition) is 4. The first kappa shape index (κ1) is 18.5. The maximum atomic E-state index is 11.8. The molecule has 0 aliphatic heterocycles. The highest BCUT2D eigenvalue weighted by Gasteiger charge is 2.06. The Morgan fingerprint density at radius 1 is 1.08 bits per heavy atom. The SMILES string of the molecule is CN(C)c1ccc(NC(=O)COC(=O)/C=C/c2ccc(Cl)cc2)cc1. The van der Waals surface area contributed by atoms with Crippen LogP contribution in [0, 0.1) is 0 Å². The number of hydrogen-bond donors (Lipinski definition) is 1. The van der Waals surface area contributed by atoms with E-state index in [2.05, 4.69) is 5.32 Å². The van der Waals surface area contributed by atoms with E-state index in [0.717, 1.165) is 11.3 Å². The molecule has 0 unspecified atom stereocenters. The minimum absolute atomic E-state index is 0.348. The van der Waals surface area contributed by atoms with Gasteiger partial charge in [-0.2, -0.15) is 0 Å². The molecule has 2 rings (SSSR count). The van der Waals surface area contributed by atoms with Gasteiger partial charge in [-0.05, 0) is 48.0 Å². The van der Waals surface area contributed by atoms with Gasteiger partial charge in [-0.15, -0.1) is 0 Å². The topological polar surface area (TPSA) is 58.6 Å². The highest BCUT2D eigenvalue weighted by Crippen LogP contribution is 2.15. The summed E-state index contributed by atoms with van der Waals surface area (Å²) in [4.78, 5) is 25.4. The molecule has 0 heterocycles. The Labute approximate surface area is 151 Å². The van der Waals surface area contributed by atoms with Crippen LogP contribution in [0.3, 0.4) is 0 Å². The third-order valence-corrected chi connectivity index (χ3v) is 3.55. The molecule has 0 aromatic heterocycles. The molecule has 6 heteroatoms. The number of esters is 1. The summed E-state index contributed by atoms with van der Waals surface area (Å²) >= 11 is 5.79. The van der Waals surface area contributed by atoms with E-state index in [1.54, 1.807) is 42.5 Å². The largest absolute Gasteiger partial charge is 0.452 e. The molecule has 0 saturated heterocycles. The molecule has 1 amide bonds. The monoisotopic (exact) mass is 358 g/mol. The number of benzene rings is 2. The number of nitrogens with one attached hydrogen (secondary N) is 1. The molecule has 0 spiro atoms. The summed E-state index contributed by atoms with van der Waals surface area (Å²) in [5, 5.41) is 3.29. The van der Waals surface area contributed by atoms with Crippen LogP contribution >= 0.6 is 11.6 Å². The molecule has 2 aromatic rings. The van der Waals surface area contributed by atoms with Crippen LogP contribution < -0.4 is 10.2 Å². The van der Waals surface area contributed by atoms with E-state index in [9.17, 15) is 9.59 Å². The number of halogens is 1. The molecular formula is C19H19ClN2O3. The van der Waals surface area contributed by atoms with Crippen molar-refractivity contribution in [2.75, 3.05) is 30.9 Å². The zero-order valence-corrected chi connectivity index (χ0v) is 14.8. The minimum Gasteiger partial charge on any atom is -0.452 e. The standard InChI is InChI=1S/C19H19ClN2O3/c1-22(2)17-10-8-16(9-11-17)21-18(23)13-25-19(24)12-5-14-3-6-15(20)7-4-14/h3-12H,13H2,1-2H3,(H,21,23)/b12-5+. The van der Waals surface area contributed by atoms with Crippen molar-refractivity contribution in [3.63, 3.8) is 0 Å². The van der Waals surface area contributed by atoms with Crippen molar-refractivity contribution in [1.29, 1.82) is 0 Å². The zero-order chi connectivity index (χ0) is 18.2. The van der Waals surface area contributed by atoms with Gasteiger partial charge in [-0.25, -0.2) is 4.79 Å². The van der Waals surface area contributed by atoms with Crippen molar-refractivity contribution in [1.82, 2.24) is 0 Å². The van der Waals surface area contributed by atoms with E-state index in [4.69, 9.17) is 16.3 Å². The normalized spacial score (nSPS) is 10.5. The second-order valence-electron chi connectivity index (χ2n) is 5.48. The zero-order valence-electron chi connectivity index (χ0n) is 14.0. The lowest BCUT2D eigenvalue weighted by molar-refractivity contribution is -0.142. The van der Waals surface area contributed by atoms with Crippen LogP contribution in [0.25, 0.3) is 6.08 Å². The number of amides is 1. The second kappa shape index (κ2) is 8.89. The molecule has 0 bridgehead atoms. The Bertz CT molecular complexity index is 753. The van der Waals surface area contributed by atoms with Gasteiger partial charge in [-0.1, -0.05) is 23.7 Å². The molecule has 25 heavy (non-hydrogen) atoms. The van der Waals surface area contributed by atoms with Crippen molar-refractivity contribution < 1.29 is 14.3 Å². The quantitative estimate of drug-likeness (QED) is 0.633. The van der Waals surface area contributed by atoms with Crippen LogP contribution in [0.1, 0.15) is 5.56 Å². The third-order valence-electron chi connectivity index (χ3n) is 3.29. The first-order valence-corrected chi connectivity index (χ1v) is 7.99. The smallest absolute Gasteiger partial charge is 0.331 e. The summed E-state index contributed by atoms with van der Waals surface area (Å²) in [7, 11) is 3.87. The van der Waals surface area contributed by atoms with Gasteiger partial charge in [0, 0.05) is 36.6 Å². The summed E-state index contributed by atoms with van der Waals surface area (Å²) in [5.74, 6) is -0.987. The van der Waals surface area contributed by atoms with Gasteiger partial charge < -0.3 is 15.0 Å². The number of rotatable bonds is 6. The lowest BCUT2D eigenvalue weighted by Gasteiger charge is -2.13. The first-order valence-electron chi connectivity index (χ1n) is 7.62. The number of anilines is 2. The Kier molecular flexibility index (Phi) is 6.60. The molecule has 5 nitrogen and oxygen atoms in total. The van der Waals surface area contributed by atoms with Crippen molar-refractivity contribution in [2.45, 2.75) is 0 Å². The van der Waals surface area contributed by atoms with Crippen LogP contribution in [0.15, 0.2) is 54.6 Å². The molecule has 0 aliphatic carbocycles. The van der Waals surface area contributed by atoms with Gasteiger partial charge in [-0.3, -0.25) is 4.79 Å². The molecule has 0 saturated carbocycles. The molecule has 0 aliphatic rings. The number of carbonyl (C=O) groups is 2. The highest BCUT2D eigenvalue weighted by molar-refractivity contribution is 6.30. The molecule has 0 fully saturated rings. The van der Waals surface area contributed by atoms with Crippen molar-refractivity contribution in [3.8, 4) is 0 Å². The predicted molar refractivity (Wildman–Crippen MR) is 101 cm³/mol. The molecule has 2 aromatic carbocycles. The van der Waals surface area contributed by atoms with Gasteiger partial charge in [0.05, 0.1) is 0 Å². The van der Waals surface area contributed by atoms with Gasteiger partial charge in [0.25, 0.3) is 5.91 Å². The van der Waals surface area contributed by atoms with Gasteiger partial charge in [0.1, 0.15) is 0 Å². The summed E-state index contributed by atoms with van der Waals surface area (Å²) < 4.78 is 4.91. The van der Waals surface area contributed by atoms with Gasteiger partial charge in [0.15, 0.2) is 6.61 Å². The van der Waals surface area contributed by atoms with E-state index >= 15 is 0 Å². The van der Waals surface area contributed by atoms with Crippen LogP contribution in [-0.4, -0.2) is 32.6 Å². The summed E-state index contributed by atoms with van der Waals surface area (Å²) in [6.45, 7) is -0.348. The summed E-state index contributed by atoms with van der Waals surface area (Å²) in [5.41, 5.74) is 2.48. The molecule has 0 atom stereocenters. The van der Waals surface area contributed by atoms with Crippen LogP contribution in [0.4, 0.5) is 11.4 Å².